The quantitative estimate of drug-likeness (QED) is 0.561. The first-order valence-electron chi connectivity index (χ1n) is 10.0. The van der Waals surface area contributed by atoms with Crippen molar-refractivity contribution < 1.29 is 9.53 Å². The van der Waals surface area contributed by atoms with E-state index in [-0.39, 0.29) is 24.1 Å². The SMILES string of the molecule is CN=C(NCC(=O)NC1CCCCC1)NC1CC(C)(C)Oc2ccccc21. The molecule has 1 unspecified atom stereocenters. The highest BCUT2D eigenvalue weighted by Crippen LogP contribution is 2.39. The molecule has 2 aliphatic rings. The number of carbonyl (C=O) groups excluding carboxylic acids is 1. The van der Waals surface area contributed by atoms with Crippen LogP contribution in [0.4, 0.5) is 0 Å². The minimum atomic E-state index is -0.261. The molecule has 1 saturated carbocycles. The number of amides is 1. The van der Waals surface area contributed by atoms with Crippen molar-refractivity contribution in [3.05, 3.63) is 29.8 Å². The van der Waals surface area contributed by atoms with Crippen LogP contribution in [0.3, 0.4) is 0 Å². The number of guanidine groups is 1. The highest BCUT2D eigenvalue weighted by Gasteiger charge is 2.34. The summed E-state index contributed by atoms with van der Waals surface area (Å²) in [6, 6.07) is 8.48. The Morgan fingerprint density at radius 3 is 2.67 bits per heavy atom. The van der Waals surface area contributed by atoms with Gasteiger partial charge in [0.05, 0.1) is 12.6 Å². The number of aliphatic imine (C=N–C) groups is 1. The van der Waals surface area contributed by atoms with Gasteiger partial charge in [-0.1, -0.05) is 37.5 Å². The van der Waals surface area contributed by atoms with Crippen LogP contribution in [-0.4, -0.2) is 37.1 Å². The summed E-state index contributed by atoms with van der Waals surface area (Å²) in [5, 5.41) is 9.73. The molecule has 0 spiro atoms. The lowest BCUT2D eigenvalue weighted by molar-refractivity contribution is -0.120. The zero-order valence-corrected chi connectivity index (χ0v) is 16.7. The van der Waals surface area contributed by atoms with Crippen molar-refractivity contribution >= 4 is 11.9 Å². The van der Waals surface area contributed by atoms with E-state index in [0.29, 0.717) is 12.0 Å². The first-order chi connectivity index (χ1) is 13.0. The van der Waals surface area contributed by atoms with E-state index in [1.807, 2.05) is 18.2 Å². The van der Waals surface area contributed by atoms with Crippen molar-refractivity contribution in [3.63, 3.8) is 0 Å². The fourth-order valence-corrected chi connectivity index (χ4v) is 3.98. The largest absolute Gasteiger partial charge is 0.487 e. The molecule has 27 heavy (non-hydrogen) atoms. The van der Waals surface area contributed by atoms with Crippen LogP contribution in [0.2, 0.25) is 0 Å². The van der Waals surface area contributed by atoms with Crippen molar-refractivity contribution in [1.82, 2.24) is 16.0 Å². The Bertz CT molecular complexity index is 681. The van der Waals surface area contributed by atoms with Crippen LogP contribution in [0, 0.1) is 0 Å². The van der Waals surface area contributed by atoms with Gasteiger partial charge >= 0.3 is 0 Å². The lowest BCUT2D eigenvalue weighted by atomic mass is 9.90. The van der Waals surface area contributed by atoms with Gasteiger partial charge in [0.25, 0.3) is 0 Å². The van der Waals surface area contributed by atoms with Crippen molar-refractivity contribution in [2.75, 3.05) is 13.6 Å². The maximum absolute atomic E-state index is 12.2. The smallest absolute Gasteiger partial charge is 0.239 e. The Kier molecular flexibility index (Phi) is 6.24. The standard InChI is InChI=1S/C21H32N4O2/c1-21(2)13-17(16-11-7-8-12-18(16)27-21)25-20(22-3)23-14-19(26)24-15-9-5-4-6-10-15/h7-8,11-12,15,17H,4-6,9-10,13-14H2,1-3H3,(H,24,26)(H2,22,23,25). The van der Waals surface area contributed by atoms with Crippen molar-refractivity contribution in [1.29, 1.82) is 0 Å². The van der Waals surface area contributed by atoms with Gasteiger partial charge in [0.15, 0.2) is 5.96 Å². The summed E-state index contributed by atoms with van der Waals surface area (Å²) >= 11 is 0. The van der Waals surface area contributed by atoms with Gasteiger partial charge in [0, 0.05) is 25.1 Å². The highest BCUT2D eigenvalue weighted by molar-refractivity contribution is 5.86. The molecular weight excluding hydrogens is 340 g/mol. The third kappa shape index (κ3) is 5.37. The van der Waals surface area contributed by atoms with Crippen molar-refractivity contribution in [2.24, 2.45) is 4.99 Å². The molecule has 0 aromatic heterocycles. The zero-order valence-electron chi connectivity index (χ0n) is 16.7. The maximum Gasteiger partial charge on any atom is 0.239 e. The van der Waals surface area contributed by atoms with Gasteiger partial charge in [-0.25, -0.2) is 0 Å². The van der Waals surface area contributed by atoms with Gasteiger partial charge in [0.2, 0.25) is 5.91 Å². The van der Waals surface area contributed by atoms with E-state index in [9.17, 15) is 4.79 Å². The lowest BCUT2D eigenvalue weighted by Gasteiger charge is -2.38. The normalized spacial score (nSPS) is 22.3. The number of hydrogen-bond acceptors (Lipinski definition) is 3. The molecule has 148 valence electrons. The van der Waals surface area contributed by atoms with Gasteiger partial charge < -0.3 is 20.7 Å². The molecule has 0 saturated heterocycles. The number of benzene rings is 1. The van der Waals surface area contributed by atoms with E-state index >= 15 is 0 Å². The molecule has 1 fully saturated rings. The summed E-state index contributed by atoms with van der Waals surface area (Å²) in [6.07, 6.45) is 6.70. The number of rotatable bonds is 4. The Labute approximate surface area is 162 Å². The Balaban J connectivity index is 1.56. The lowest BCUT2D eigenvalue weighted by Crippen LogP contribution is -2.48. The second-order valence-corrected chi connectivity index (χ2v) is 8.13. The fraction of sp³-hybridized carbons (Fsp3) is 0.619. The van der Waals surface area contributed by atoms with Crippen molar-refractivity contribution in [3.8, 4) is 5.75 Å². The van der Waals surface area contributed by atoms with E-state index in [2.05, 4.69) is 40.9 Å². The predicted molar refractivity (Wildman–Crippen MR) is 108 cm³/mol. The summed E-state index contributed by atoms with van der Waals surface area (Å²) in [4.78, 5) is 16.5. The van der Waals surface area contributed by atoms with Crippen LogP contribution in [0.15, 0.2) is 29.3 Å². The van der Waals surface area contributed by atoms with E-state index in [4.69, 9.17) is 4.74 Å². The second kappa shape index (κ2) is 8.63. The van der Waals surface area contributed by atoms with Gasteiger partial charge in [-0.05, 0) is 32.8 Å². The minimum absolute atomic E-state index is 0.0255. The third-order valence-electron chi connectivity index (χ3n) is 5.30. The molecule has 0 radical (unpaired) electrons. The molecule has 3 rings (SSSR count). The van der Waals surface area contributed by atoms with Crippen LogP contribution < -0.4 is 20.7 Å². The zero-order chi connectivity index (χ0) is 19.3. The number of hydrogen-bond donors (Lipinski definition) is 3. The van der Waals surface area contributed by atoms with Gasteiger partial charge in [0.1, 0.15) is 11.4 Å². The molecule has 3 N–H and O–H groups in total. The summed E-state index contributed by atoms with van der Waals surface area (Å²) in [7, 11) is 1.73. The van der Waals surface area contributed by atoms with Gasteiger partial charge in [-0.2, -0.15) is 0 Å². The fourth-order valence-electron chi connectivity index (χ4n) is 3.98. The second-order valence-electron chi connectivity index (χ2n) is 8.13. The summed E-state index contributed by atoms with van der Waals surface area (Å²) in [6.45, 7) is 4.40. The summed E-state index contributed by atoms with van der Waals surface area (Å²) in [5.74, 6) is 1.56. The highest BCUT2D eigenvalue weighted by atomic mass is 16.5. The molecular formula is C21H32N4O2. The van der Waals surface area contributed by atoms with Crippen LogP contribution in [0.25, 0.3) is 0 Å². The Morgan fingerprint density at radius 1 is 1.19 bits per heavy atom. The summed E-state index contributed by atoms with van der Waals surface area (Å²) in [5.41, 5.74) is 0.856. The first kappa shape index (κ1) is 19.5. The monoisotopic (exact) mass is 372 g/mol. The number of ether oxygens (including phenoxy) is 1. The van der Waals surface area contributed by atoms with Crippen LogP contribution in [-0.2, 0) is 4.79 Å². The number of nitrogens with zero attached hydrogens (tertiary/aromatic N) is 1. The number of nitrogens with one attached hydrogen (secondary N) is 3. The Morgan fingerprint density at radius 2 is 1.93 bits per heavy atom. The van der Waals surface area contributed by atoms with E-state index in [0.717, 1.165) is 30.6 Å². The average molecular weight is 373 g/mol. The van der Waals surface area contributed by atoms with E-state index < -0.39 is 0 Å². The molecule has 1 amide bonds. The van der Waals surface area contributed by atoms with E-state index in [1.54, 1.807) is 7.05 Å². The molecule has 1 aliphatic heterocycles. The van der Waals surface area contributed by atoms with Gasteiger partial charge in [-0.3, -0.25) is 9.79 Å². The summed E-state index contributed by atoms with van der Waals surface area (Å²) < 4.78 is 6.08. The first-order valence-corrected chi connectivity index (χ1v) is 10.0. The van der Waals surface area contributed by atoms with Crippen molar-refractivity contribution in [2.45, 2.75) is 70.1 Å². The maximum atomic E-state index is 12.2. The molecule has 1 aliphatic carbocycles. The number of carbonyl (C=O) groups is 1. The minimum Gasteiger partial charge on any atom is -0.487 e. The average Bonchev–Trinajstić information content (AvgIpc) is 2.65. The molecule has 6 nitrogen and oxygen atoms in total. The Hall–Kier alpha value is -2.24. The molecule has 0 bridgehead atoms. The van der Waals surface area contributed by atoms with Crippen LogP contribution in [0.5, 0.6) is 5.75 Å². The molecule has 1 aromatic carbocycles. The molecule has 1 heterocycles. The van der Waals surface area contributed by atoms with Gasteiger partial charge in [-0.15, -0.1) is 0 Å². The van der Waals surface area contributed by atoms with Crippen LogP contribution in [0.1, 0.15) is 64.0 Å². The predicted octanol–water partition coefficient (Wildman–Crippen LogP) is 2.90. The molecule has 1 aromatic rings. The number of fused-ring (bicyclic) bond motifs is 1. The molecule has 6 heteroatoms. The number of para-hydroxylation sites is 1. The third-order valence-corrected chi connectivity index (χ3v) is 5.30. The van der Waals surface area contributed by atoms with E-state index in [1.165, 1.54) is 19.3 Å². The molecule has 1 atom stereocenters. The van der Waals surface area contributed by atoms with Crippen LogP contribution >= 0.6 is 0 Å². The topological polar surface area (TPSA) is 74.8 Å².